The number of nitrogen functional groups attached to an aromatic ring is 1. The van der Waals surface area contributed by atoms with Gasteiger partial charge in [-0.05, 0) is 29.5 Å². The van der Waals surface area contributed by atoms with Crippen molar-refractivity contribution in [1.29, 1.82) is 0 Å². The van der Waals surface area contributed by atoms with Gasteiger partial charge in [-0.15, -0.1) is 0 Å². The fraction of sp³-hybridized carbons (Fsp3) is 0.562. The maximum absolute atomic E-state index is 11.4. The van der Waals surface area contributed by atoms with E-state index in [2.05, 4.69) is 20.8 Å². The van der Waals surface area contributed by atoms with Gasteiger partial charge >= 0.3 is 6.09 Å². The number of nitrogens with zero attached hydrogens (tertiary/aromatic N) is 1. The van der Waals surface area contributed by atoms with Gasteiger partial charge in [-0.3, -0.25) is 0 Å². The first-order chi connectivity index (χ1) is 9.67. The minimum absolute atomic E-state index is 0.246. The number of rotatable bonds is 1. The maximum Gasteiger partial charge on any atom is 0.407 e. The van der Waals surface area contributed by atoms with E-state index in [1.807, 2.05) is 25.1 Å². The van der Waals surface area contributed by atoms with E-state index in [4.69, 9.17) is 10.5 Å². The third-order valence-corrected chi connectivity index (χ3v) is 4.34. The molecule has 1 heterocycles. The monoisotopic (exact) mass is 292 g/mol. The van der Waals surface area contributed by atoms with E-state index in [1.165, 1.54) is 4.90 Å². The molecule has 21 heavy (non-hydrogen) atoms. The molecular weight excluding hydrogens is 268 g/mol. The van der Waals surface area contributed by atoms with Crippen molar-refractivity contribution in [3.8, 4) is 0 Å². The molecule has 1 aromatic rings. The molecule has 3 N–H and O–H groups in total. The number of hydrogen-bond acceptors (Lipinski definition) is 3. The number of ether oxygens (including phenoxy) is 1. The Balaban J connectivity index is 2.52. The number of nitrogens with two attached hydrogens (primary N) is 1. The van der Waals surface area contributed by atoms with Gasteiger partial charge in [-0.1, -0.05) is 32.9 Å². The maximum atomic E-state index is 11.4. The van der Waals surface area contributed by atoms with E-state index in [-0.39, 0.29) is 5.41 Å². The van der Waals surface area contributed by atoms with Gasteiger partial charge in [-0.2, -0.15) is 0 Å². The van der Waals surface area contributed by atoms with Crippen molar-refractivity contribution in [3.05, 3.63) is 29.3 Å². The minimum Gasteiger partial charge on any atom is -0.465 e. The van der Waals surface area contributed by atoms with E-state index in [1.54, 1.807) is 0 Å². The van der Waals surface area contributed by atoms with Gasteiger partial charge in [0.25, 0.3) is 0 Å². The Hall–Kier alpha value is -1.75. The molecule has 0 spiro atoms. The molecule has 0 radical (unpaired) electrons. The van der Waals surface area contributed by atoms with Crippen molar-refractivity contribution < 1.29 is 14.6 Å². The summed E-state index contributed by atoms with van der Waals surface area (Å²) in [6, 6.07) is 5.81. The normalized spacial score (nSPS) is 23.1. The molecule has 116 valence electrons. The Morgan fingerprint density at radius 1 is 1.43 bits per heavy atom. The van der Waals surface area contributed by atoms with Crippen LogP contribution in [0.2, 0.25) is 0 Å². The van der Waals surface area contributed by atoms with Gasteiger partial charge in [0.1, 0.15) is 5.60 Å². The molecular formula is C16H24N2O3. The molecule has 1 aromatic carbocycles. The van der Waals surface area contributed by atoms with Crippen LogP contribution < -0.4 is 5.73 Å². The van der Waals surface area contributed by atoms with Crippen molar-refractivity contribution in [2.24, 2.45) is 5.41 Å². The summed E-state index contributed by atoms with van der Waals surface area (Å²) in [5.74, 6) is 0. The highest BCUT2D eigenvalue weighted by Crippen LogP contribution is 2.45. The van der Waals surface area contributed by atoms with Crippen LogP contribution in [-0.4, -0.2) is 35.8 Å². The zero-order chi connectivity index (χ0) is 15.8. The summed E-state index contributed by atoms with van der Waals surface area (Å²) in [5.41, 5.74) is 7.68. The number of morpholine rings is 1. The average Bonchev–Trinajstić information content (AvgIpc) is 2.40. The molecule has 1 amide bonds. The number of hydrogen-bond donors (Lipinski definition) is 2. The van der Waals surface area contributed by atoms with Crippen LogP contribution in [0.3, 0.4) is 0 Å². The van der Waals surface area contributed by atoms with Crippen LogP contribution in [0.15, 0.2) is 18.2 Å². The standard InChI is InChI=1S/C16H24N2O3/c1-11-9-12(5-6-13(11)17)16(15(2,3)4)10-18(14(19)20)7-8-21-16/h5-6,9H,7-8,10,17H2,1-4H3,(H,19,20)/t16-/m0/s1. The van der Waals surface area contributed by atoms with E-state index >= 15 is 0 Å². The highest BCUT2D eigenvalue weighted by molar-refractivity contribution is 5.65. The van der Waals surface area contributed by atoms with Crippen LogP contribution in [0.5, 0.6) is 0 Å². The number of carboxylic acid groups (broad SMARTS) is 1. The Bertz CT molecular complexity index is 551. The second kappa shape index (κ2) is 5.22. The topological polar surface area (TPSA) is 75.8 Å². The number of aryl methyl sites for hydroxylation is 1. The third kappa shape index (κ3) is 2.70. The van der Waals surface area contributed by atoms with Crippen molar-refractivity contribution >= 4 is 11.8 Å². The largest absolute Gasteiger partial charge is 0.465 e. The van der Waals surface area contributed by atoms with Crippen LogP contribution in [0.1, 0.15) is 31.9 Å². The second-order valence-electron chi connectivity index (χ2n) is 6.70. The van der Waals surface area contributed by atoms with Crippen LogP contribution >= 0.6 is 0 Å². The molecule has 1 fully saturated rings. The highest BCUT2D eigenvalue weighted by atomic mass is 16.5. The van der Waals surface area contributed by atoms with Gasteiger partial charge in [0, 0.05) is 12.2 Å². The summed E-state index contributed by atoms with van der Waals surface area (Å²) in [6.45, 7) is 9.30. The summed E-state index contributed by atoms with van der Waals surface area (Å²) < 4.78 is 6.15. The van der Waals surface area contributed by atoms with E-state index < -0.39 is 11.7 Å². The SMILES string of the molecule is Cc1cc([C@]2(C(C)(C)C)CN(C(=O)O)CCO2)ccc1N. The van der Waals surface area contributed by atoms with Gasteiger partial charge in [0.15, 0.2) is 0 Å². The first kappa shape index (κ1) is 15.6. The lowest BCUT2D eigenvalue weighted by Gasteiger charge is -2.50. The Labute approximate surface area is 125 Å². The average molecular weight is 292 g/mol. The van der Waals surface area contributed by atoms with Gasteiger partial charge in [0.2, 0.25) is 0 Å². The molecule has 5 nitrogen and oxygen atoms in total. The lowest BCUT2D eigenvalue weighted by Crippen LogP contribution is -2.57. The summed E-state index contributed by atoms with van der Waals surface area (Å²) >= 11 is 0. The highest BCUT2D eigenvalue weighted by Gasteiger charge is 2.49. The third-order valence-electron chi connectivity index (χ3n) is 4.34. The summed E-state index contributed by atoms with van der Waals surface area (Å²) in [6.07, 6.45) is -0.904. The lowest BCUT2D eigenvalue weighted by atomic mass is 9.70. The van der Waals surface area contributed by atoms with Crippen LogP contribution in [0.4, 0.5) is 10.5 Å². The lowest BCUT2D eigenvalue weighted by molar-refractivity contribution is -0.166. The number of benzene rings is 1. The van der Waals surface area contributed by atoms with Gasteiger partial charge in [0.05, 0.1) is 13.2 Å². The van der Waals surface area contributed by atoms with E-state index in [0.717, 1.165) is 16.8 Å². The molecule has 1 saturated heterocycles. The first-order valence-electron chi connectivity index (χ1n) is 7.16. The zero-order valence-electron chi connectivity index (χ0n) is 13.1. The predicted octanol–water partition coefficient (Wildman–Crippen LogP) is 2.83. The Kier molecular flexibility index (Phi) is 3.89. The van der Waals surface area contributed by atoms with Crippen molar-refractivity contribution in [2.75, 3.05) is 25.4 Å². The molecule has 2 rings (SSSR count). The van der Waals surface area contributed by atoms with E-state index in [0.29, 0.717) is 19.7 Å². The molecule has 0 bridgehead atoms. The first-order valence-corrected chi connectivity index (χ1v) is 7.16. The molecule has 1 aliphatic rings. The Morgan fingerprint density at radius 2 is 2.10 bits per heavy atom. The van der Waals surface area contributed by atoms with Gasteiger partial charge < -0.3 is 20.5 Å². The molecule has 0 saturated carbocycles. The predicted molar refractivity (Wildman–Crippen MR) is 82.3 cm³/mol. The number of anilines is 1. The molecule has 1 aliphatic heterocycles. The van der Waals surface area contributed by atoms with Crippen LogP contribution in [-0.2, 0) is 10.3 Å². The zero-order valence-corrected chi connectivity index (χ0v) is 13.1. The Morgan fingerprint density at radius 3 is 2.62 bits per heavy atom. The summed E-state index contributed by atoms with van der Waals surface area (Å²) in [5, 5.41) is 9.33. The molecule has 1 atom stereocenters. The molecule has 0 unspecified atom stereocenters. The van der Waals surface area contributed by atoms with Crippen LogP contribution in [0, 0.1) is 12.3 Å². The number of carbonyl (C=O) groups is 1. The fourth-order valence-electron chi connectivity index (χ4n) is 2.88. The molecule has 0 aromatic heterocycles. The van der Waals surface area contributed by atoms with Crippen molar-refractivity contribution in [3.63, 3.8) is 0 Å². The van der Waals surface area contributed by atoms with Crippen molar-refractivity contribution in [2.45, 2.75) is 33.3 Å². The molecule has 5 heteroatoms. The summed E-state index contributed by atoms with van der Waals surface area (Å²) in [7, 11) is 0. The molecule has 0 aliphatic carbocycles. The van der Waals surface area contributed by atoms with E-state index in [9.17, 15) is 9.90 Å². The second-order valence-corrected chi connectivity index (χ2v) is 6.70. The van der Waals surface area contributed by atoms with Gasteiger partial charge in [-0.25, -0.2) is 4.79 Å². The fourth-order valence-corrected chi connectivity index (χ4v) is 2.88. The van der Waals surface area contributed by atoms with Crippen molar-refractivity contribution in [1.82, 2.24) is 4.90 Å². The quantitative estimate of drug-likeness (QED) is 0.780. The minimum atomic E-state index is -0.904. The number of amides is 1. The smallest absolute Gasteiger partial charge is 0.407 e. The summed E-state index contributed by atoms with van der Waals surface area (Å²) in [4.78, 5) is 12.8. The van der Waals surface area contributed by atoms with Crippen LogP contribution in [0.25, 0.3) is 0 Å².